The van der Waals surface area contributed by atoms with Crippen molar-refractivity contribution < 1.29 is 9.53 Å². The monoisotopic (exact) mass is 415 g/mol. The molecular formula is C24H21N3O2S. The summed E-state index contributed by atoms with van der Waals surface area (Å²) in [6.45, 7) is 0.482. The summed E-state index contributed by atoms with van der Waals surface area (Å²) in [5, 5.41) is 4.43. The third-order valence-corrected chi connectivity index (χ3v) is 6.53. The predicted octanol–water partition coefficient (Wildman–Crippen LogP) is 4.73. The number of aromatic amines is 1. The number of pyridine rings is 1. The second-order valence-electron chi connectivity index (χ2n) is 7.24. The van der Waals surface area contributed by atoms with Crippen LogP contribution in [0.25, 0.3) is 10.9 Å². The van der Waals surface area contributed by atoms with E-state index in [1.165, 1.54) is 0 Å². The highest BCUT2D eigenvalue weighted by atomic mass is 32.2. The van der Waals surface area contributed by atoms with Crippen molar-refractivity contribution in [3.05, 3.63) is 95.9 Å². The highest BCUT2D eigenvalue weighted by Gasteiger charge is 2.32. The number of fused-ring (bicyclic) bond motifs is 1. The van der Waals surface area contributed by atoms with Crippen LogP contribution in [0, 0.1) is 0 Å². The topological polar surface area (TPSA) is 67.0 Å². The van der Waals surface area contributed by atoms with Gasteiger partial charge in [0.15, 0.2) is 5.78 Å². The van der Waals surface area contributed by atoms with E-state index in [1.807, 2.05) is 66.9 Å². The number of nitrogens with zero attached hydrogens (tertiary/aromatic N) is 1. The Balaban J connectivity index is 1.34. The molecule has 0 aliphatic carbocycles. The van der Waals surface area contributed by atoms with Crippen LogP contribution in [0.4, 0.5) is 0 Å². The molecule has 2 N–H and O–H groups in total. The number of hydrogen-bond donors (Lipinski definition) is 2. The number of para-hydroxylation sites is 1. The van der Waals surface area contributed by atoms with Crippen LogP contribution >= 0.6 is 11.8 Å². The first-order valence-electron chi connectivity index (χ1n) is 9.88. The van der Waals surface area contributed by atoms with Crippen molar-refractivity contribution in [3.8, 4) is 5.75 Å². The first-order chi connectivity index (χ1) is 14.8. The number of aromatic nitrogens is 2. The summed E-state index contributed by atoms with van der Waals surface area (Å²) in [6.07, 6.45) is 5.40. The van der Waals surface area contributed by atoms with Crippen molar-refractivity contribution in [2.45, 2.75) is 18.0 Å². The van der Waals surface area contributed by atoms with Gasteiger partial charge in [0.05, 0.1) is 16.9 Å². The summed E-state index contributed by atoms with van der Waals surface area (Å²) in [5.41, 5.74) is 3.74. The van der Waals surface area contributed by atoms with Crippen LogP contribution in [-0.4, -0.2) is 27.5 Å². The molecule has 0 bridgehead atoms. The molecule has 2 atom stereocenters. The van der Waals surface area contributed by atoms with Crippen molar-refractivity contribution >= 4 is 28.4 Å². The maximum absolute atomic E-state index is 13.2. The highest BCUT2D eigenvalue weighted by molar-refractivity contribution is 7.99. The average Bonchev–Trinajstić information content (AvgIpc) is 3.47. The van der Waals surface area contributed by atoms with Gasteiger partial charge in [-0.2, -0.15) is 0 Å². The predicted molar refractivity (Wildman–Crippen MR) is 120 cm³/mol. The molecule has 3 heterocycles. The Hall–Kier alpha value is -3.09. The van der Waals surface area contributed by atoms with Crippen molar-refractivity contribution in [1.82, 2.24) is 15.3 Å². The smallest absolute Gasteiger partial charge is 0.182 e. The summed E-state index contributed by atoms with van der Waals surface area (Å²) in [6, 6.07) is 19.6. The number of Topliss-reactive ketones (excluding diaryl/α,β-unsaturated/α-hetero) is 1. The zero-order chi connectivity index (χ0) is 20.3. The minimum absolute atomic E-state index is 0.0858. The number of nitrogens with one attached hydrogen (secondary N) is 2. The number of carbonyl (C=O) groups excluding carboxylic acids is 1. The van der Waals surface area contributed by atoms with Gasteiger partial charge in [0.2, 0.25) is 0 Å². The molecular weight excluding hydrogens is 394 g/mol. The molecule has 5 rings (SSSR count). The van der Waals surface area contributed by atoms with Gasteiger partial charge in [0.1, 0.15) is 12.4 Å². The molecule has 1 fully saturated rings. The lowest BCUT2D eigenvalue weighted by Gasteiger charge is -2.12. The summed E-state index contributed by atoms with van der Waals surface area (Å²) in [7, 11) is 0. The number of ether oxygens (including phenoxy) is 1. The minimum atomic E-state index is -0.229. The van der Waals surface area contributed by atoms with Gasteiger partial charge in [0.25, 0.3) is 0 Å². The van der Waals surface area contributed by atoms with E-state index in [0.29, 0.717) is 12.2 Å². The standard InChI is InChI=1S/C24H21N3O2S/c28-23(20-15-30-24(27-20)17-8-5-11-25-12-17)19-13-26-22-18(19)9-4-10-21(22)29-14-16-6-2-1-3-7-16/h1-13,20,24,26-27H,14-15H2/t20-,24?/m0/s1. The number of rotatable bonds is 6. The Morgan fingerprint density at radius 1 is 1.10 bits per heavy atom. The van der Waals surface area contributed by atoms with E-state index in [0.717, 1.165) is 33.5 Å². The lowest BCUT2D eigenvalue weighted by molar-refractivity contribution is 0.0957. The molecule has 1 aliphatic heterocycles. The molecule has 1 unspecified atom stereocenters. The number of ketones is 1. The summed E-state index contributed by atoms with van der Waals surface area (Å²) in [5.74, 6) is 1.58. The van der Waals surface area contributed by atoms with Crippen molar-refractivity contribution in [1.29, 1.82) is 0 Å². The second kappa shape index (κ2) is 8.34. The molecule has 6 heteroatoms. The number of hydrogen-bond acceptors (Lipinski definition) is 5. The highest BCUT2D eigenvalue weighted by Crippen LogP contribution is 2.35. The Kier molecular flexibility index (Phi) is 5.26. The Labute approximate surface area is 178 Å². The zero-order valence-corrected chi connectivity index (χ0v) is 17.1. The fourth-order valence-corrected chi connectivity index (χ4v) is 4.94. The van der Waals surface area contributed by atoms with Gasteiger partial charge >= 0.3 is 0 Å². The second-order valence-corrected chi connectivity index (χ2v) is 8.38. The summed E-state index contributed by atoms with van der Waals surface area (Å²) >= 11 is 1.74. The van der Waals surface area contributed by atoms with E-state index in [4.69, 9.17) is 4.74 Å². The van der Waals surface area contributed by atoms with Gasteiger partial charge in [-0.3, -0.25) is 15.1 Å². The Bertz CT molecular complexity index is 1160. The van der Waals surface area contributed by atoms with E-state index in [1.54, 1.807) is 24.2 Å². The van der Waals surface area contributed by atoms with Crippen LogP contribution in [0.2, 0.25) is 0 Å². The summed E-state index contributed by atoms with van der Waals surface area (Å²) < 4.78 is 6.03. The molecule has 1 saturated heterocycles. The molecule has 2 aromatic heterocycles. The maximum Gasteiger partial charge on any atom is 0.182 e. The third-order valence-electron chi connectivity index (χ3n) is 5.27. The van der Waals surface area contributed by atoms with Crippen molar-refractivity contribution in [2.24, 2.45) is 0 Å². The Morgan fingerprint density at radius 3 is 2.83 bits per heavy atom. The van der Waals surface area contributed by atoms with Crippen LogP contribution in [0.3, 0.4) is 0 Å². The number of thioether (sulfide) groups is 1. The number of benzene rings is 2. The first kappa shape index (κ1) is 18.9. The van der Waals surface area contributed by atoms with Crippen LogP contribution in [0.5, 0.6) is 5.75 Å². The van der Waals surface area contributed by atoms with Crippen LogP contribution in [0.1, 0.15) is 26.9 Å². The van der Waals surface area contributed by atoms with E-state index < -0.39 is 0 Å². The lowest BCUT2D eigenvalue weighted by Crippen LogP contribution is -2.34. The van der Waals surface area contributed by atoms with E-state index in [9.17, 15) is 4.79 Å². The Morgan fingerprint density at radius 2 is 2.00 bits per heavy atom. The molecule has 1 aliphatic rings. The summed E-state index contributed by atoms with van der Waals surface area (Å²) in [4.78, 5) is 20.7. The van der Waals surface area contributed by atoms with Crippen LogP contribution < -0.4 is 10.1 Å². The fourth-order valence-electron chi connectivity index (χ4n) is 3.72. The van der Waals surface area contributed by atoms with E-state index in [-0.39, 0.29) is 17.2 Å². The normalized spacial score (nSPS) is 18.5. The van der Waals surface area contributed by atoms with Gasteiger partial charge in [-0.05, 0) is 23.3 Å². The molecule has 2 aromatic carbocycles. The van der Waals surface area contributed by atoms with Crippen LogP contribution in [0.15, 0.2) is 79.3 Å². The third kappa shape index (κ3) is 3.72. The molecule has 0 amide bonds. The maximum atomic E-state index is 13.2. The van der Waals surface area contributed by atoms with Gasteiger partial charge in [-0.1, -0.05) is 48.5 Å². The molecule has 4 aromatic rings. The van der Waals surface area contributed by atoms with Crippen molar-refractivity contribution in [2.75, 3.05) is 5.75 Å². The van der Waals surface area contributed by atoms with Gasteiger partial charge in [-0.15, -0.1) is 11.8 Å². The van der Waals surface area contributed by atoms with Crippen LogP contribution in [-0.2, 0) is 6.61 Å². The quantitative estimate of drug-likeness (QED) is 0.446. The molecule has 5 nitrogen and oxygen atoms in total. The lowest BCUT2D eigenvalue weighted by atomic mass is 10.0. The van der Waals surface area contributed by atoms with Gasteiger partial charge in [0, 0.05) is 35.3 Å². The fraction of sp³-hybridized carbons (Fsp3) is 0.167. The van der Waals surface area contributed by atoms with Crippen molar-refractivity contribution in [3.63, 3.8) is 0 Å². The largest absolute Gasteiger partial charge is 0.487 e. The molecule has 30 heavy (non-hydrogen) atoms. The minimum Gasteiger partial charge on any atom is -0.487 e. The van der Waals surface area contributed by atoms with E-state index >= 15 is 0 Å². The number of carbonyl (C=O) groups is 1. The molecule has 0 radical (unpaired) electrons. The zero-order valence-electron chi connectivity index (χ0n) is 16.2. The number of H-pyrrole nitrogens is 1. The average molecular weight is 416 g/mol. The van der Waals surface area contributed by atoms with Gasteiger partial charge in [-0.25, -0.2) is 0 Å². The SMILES string of the molecule is O=C(c1c[nH]c2c(OCc3ccccc3)cccc12)[C@@H]1CSC(c2cccnc2)N1. The van der Waals surface area contributed by atoms with E-state index in [2.05, 4.69) is 15.3 Å². The molecule has 150 valence electrons. The molecule has 0 spiro atoms. The molecule has 0 saturated carbocycles. The first-order valence-corrected chi connectivity index (χ1v) is 10.9. The van der Waals surface area contributed by atoms with Gasteiger partial charge < -0.3 is 9.72 Å².